The summed E-state index contributed by atoms with van der Waals surface area (Å²) >= 11 is 3.44. The van der Waals surface area contributed by atoms with Crippen molar-refractivity contribution in [3.05, 3.63) is 64.1 Å². The second kappa shape index (κ2) is 6.54. The average molecular weight is 373 g/mol. The first kappa shape index (κ1) is 15.7. The molecule has 0 aromatic heterocycles. The molecule has 3 rings (SSSR count). The minimum atomic E-state index is -0.0961. The number of hydrogen-bond donors (Lipinski definition) is 0. The summed E-state index contributed by atoms with van der Waals surface area (Å²) in [5, 5.41) is 6.11. The Kier molecular flexibility index (Phi) is 4.48. The summed E-state index contributed by atoms with van der Waals surface area (Å²) < 4.78 is 6.31. The van der Waals surface area contributed by atoms with Gasteiger partial charge in [0.2, 0.25) is 5.91 Å². The van der Waals surface area contributed by atoms with Crippen molar-refractivity contribution in [2.75, 3.05) is 7.11 Å². The number of rotatable bonds is 3. The van der Waals surface area contributed by atoms with Gasteiger partial charge in [-0.3, -0.25) is 4.79 Å². The molecule has 2 aromatic rings. The van der Waals surface area contributed by atoms with Gasteiger partial charge in [0.25, 0.3) is 0 Å². The quantitative estimate of drug-likeness (QED) is 0.811. The first-order chi connectivity index (χ1) is 11.1. The first-order valence-corrected chi connectivity index (χ1v) is 8.15. The third-order valence-corrected chi connectivity index (χ3v) is 4.42. The summed E-state index contributed by atoms with van der Waals surface area (Å²) in [6.45, 7) is 1.54. The van der Waals surface area contributed by atoms with Crippen molar-refractivity contribution < 1.29 is 9.53 Å². The zero-order chi connectivity index (χ0) is 16.4. The van der Waals surface area contributed by atoms with Crippen LogP contribution in [0.1, 0.15) is 30.5 Å². The smallest absolute Gasteiger partial charge is 0.240 e. The van der Waals surface area contributed by atoms with Crippen LogP contribution in [0.2, 0.25) is 0 Å². The predicted octanol–water partition coefficient (Wildman–Crippen LogP) is 4.16. The Morgan fingerprint density at radius 1 is 1.26 bits per heavy atom. The molecular formula is C18H17BrN2O2. The molecule has 0 saturated carbocycles. The van der Waals surface area contributed by atoms with Crippen LogP contribution in [0.25, 0.3) is 0 Å². The van der Waals surface area contributed by atoms with Crippen LogP contribution < -0.4 is 4.74 Å². The number of carbonyl (C=O) groups is 1. The fourth-order valence-electron chi connectivity index (χ4n) is 2.73. The molecule has 1 unspecified atom stereocenters. The number of amides is 1. The summed E-state index contributed by atoms with van der Waals surface area (Å²) in [5.41, 5.74) is 2.97. The normalized spacial score (nSPS) is 17.1. The standard InChI is InChI=1S/C18H17BrN2O2/c1-12(22)21-18(14-4-3-5-16(10-14)23-2)11-17(20-21)13-6-8-15(19)9-7-13/h3-10,18H,11H2,1-2H3. The van der Waals surface area contributed by atoms with E-state index in [-0.39, 0.29) is 11.9 Å². The Balaban J connectivity index is 1.93. The summed E-state index contributed by atoms with van der Waals surface area (Å²) in [6.07, 6.45) is 0.689. The zero-order valence-electron chi connectivity index (χ0n) is 13.0. The molecule has 0 saturated heterocycles. The summed E-state index contributed by atoms with van der Waals surface area (Å²) in [5.74, 6) is 0.716. The Bertz CT molecular complexity index is 756. The van der Waals surface area contributed by atoms with Gasteiger partial charge >= 0.3 is 0 Å². The highest BCUT2D eigenvalue weighted by molar-refractivity contribution is 9.10. The molecule has 23 heavy (non-hydrogen) atoms. The van der Waals surface area contributed by atoms with Crippen molar-refractivity contribution in [1.82, 2.24) is 5.01 Å². The number of ether oxygens (including phenoxy) is 1. The number of hydrogen-bond acceptors (Lipinski definition) is 3. The van der Waals surface area contributed by atoms with Gasteiger partial charge in [0.15, 0.2) is 0 Å². The molecule has 1 atom stereocenters. The average Bonchev–Trinajstić information content (AvgIpc) is 3.01. The SMILES string of the molecule is COc1cccc(C2CC(c3ccc(Br)cc3)=NN2C(C)=O)c1. The molecule has 4 nitrogen and oxygen atoms in total. The molecule has 0 radical (unpaired) electrons. The van der Waals surface area contributed by atoms with Crippen molar-refractivity contribution in [3.63, 3.8) is 0 Å². The topological polar surface area (TPSA) is 41.9 Å². The van der Waals surface area contributed by atoms with Gasteiger partial charge in [0.1, 0.15) is 5.75 Å². The maximum absolute atomic E-state index is 12.0. The third kappa shape index (κ3) is 3.29. The number of nitrogens with zero attached hydrogens (tertiary/aromatic N) is 2. The fraction of sp³-hybridized carbons (Fsp3) is 0.222. The Morgan fingerprint density at radius 3 is 2.65 bits per heavy atom. The predicted molar refractivity (Wildman–Crippen MR) is 93.6 cm³/mol. The van der Waals surface area contributed by atoms with E-state index in [4.69, 9.17) is 4.74 Å². The van der Waals surface area contributed by atoms with E-state index >= 15 is 0 Å². The molecule has 1 aliphatic heterocycles. The molecule has 0 bridgehead atoms. The molecule has 0 spiro atoms. The van der Waals surface area contributed by atoms with E-state index in [2.05, 4.69) is 21.0 Å². The van der Waals surface area contributed by atoms with Gasteiger partial charge in [-0.25, -0.2) is 5.01 Å². The number of carbonyl (C=O) groups excluding carboxylic acids is 1. The Labute approximate surface area is 143 Å². The summed E-state index contributed by atoms with van der Waals surface area (Å²) in [4.78, 5) is 12.0. The monoisotopic (exact) mass is 372 g/mol. The Hall–Kier alpha value is -2.14. The lowest BCUT2D eigenvalue weighted by Crippen LogP contribution is -2.24. The number of hydrazone groups is 1. The molecule has 1 aliphatic rings. The molecule has 0 aliphatic carbocycles. The molecule has 1 heterocycles. The van der Waals surface area contributed by atoms with Crippen molar-refractivity contribution in [1.29, 1.82) is 0 Å². The maximum Gasteiger partial charge on any atom is 0.240 e. The molecule has 5 heteroatoms. The van der Waals surface area contributed by atoms with E-state index in [1.807, 2.05) is 48.5 Å². The van der Waals surface area contributed by atoms with Crippen LogP contribution in [0.15, 0.2) is 58.1 Å². The van der Waals surface area contributed by atoms with Crippen LogP contribution in [0.4, 0.5) is 0 Å². The molecule has 2 aromatic carbocycles. The van der Waals surface area contributed by atoms with Crippen LogP contribution in [0.5, 0.6) is 5.75 Å². The fourth-order valence-corrected chi connectivity index (χ4v) is 2.99. The highest BCUT2D eigenvalue weighted by atomic mass is 79.9. The van der Waals surface area contributed by atoms with E-state index in [9.17, 15) is 4.79 Å². The molecule has 1 amide bonds. The summed E-state index contributed by atoms with van der Waals surface area (Å²) in [6, 6.07) is 15.7. The van der Waals surface area contributed by atoms with Crippen LogP contribution in [-0.2, 0) is 4.79 Å². The van der Waals surface area contributed by atoms with Gasteiger partial charge in [0, 0.05) is 17.8 Å². The molecular weight excluding hydrogens is 356 g/mol. The number of halogens is 1. The van der Waals surface area contributed by atoms with Gasteiger partial charge in [-0.2, -0.15) is 5.10 Å². The lowest BCUT2D eigenvalue weighted by Gasteiger charge is -2.20. The highest BCUT2D eigenvalue weighted by Crippen LogP contribution is 2.34. The number of benzene rings is 2. The lowest BCUT2D eigenvalue weighted by molar-refractivity contribution is -0.130. The zero-order valence-corrected chi connectivity index (χ0v) is 14.6. The van der Waals surface area contributed by atoms with E-state index in [1.165, 1.54) is 0 Å². The van der Waals surface area contributed by atoms with Gasteiger partial charge in [-0.15, -0.1) is 0 Å². The van der Waals surface area contributed by atoms with Crippen LogP contribution >= 0.6 is 15.9 Å². The largest absolute Gasteiger partial charge is 0.497 e. The Morgan fingerprint density at radius 2 is 2.00 bits per heavy atom. The van der Waals surface area contributed by atoms with E-state index in [0.717, 1.165) is 27.1 Å². The van der Waals surface area contributed by atoms with E-state index in [0.29, 0.717) is 6.42 Å². The first-order valence-electron chi connectivity index (χ1n) is 7.35. The van der Waals surface area contributed by atoms with E-state index in [1.54, 1.807) is 19.0 Å². The summed E-state index contributed by atoms with van der Waals surface area (Å²) in [7, 11) is 1.64. The van der Waals surface area contributed by atoms with Crippen LogP contribution in [0.3, 0.4) is 0 Å². The van der Waals surface area contributed by atoms with Crippen molar-refractivity contribution >= 4 is 27.5 Å². The lowest BCUT2D eigenvalue weighted by atomic mass is 9.98. The van der Waals surface area contributed by atoms with E-state index < -0.39 is 0 Å². The van der Waals surface area contributed by atoms with Crippen molar-refractivity contribution in [3.8, 4) is 5.75 Å². The highest BCUT2D eigenvalue weighted by Gasteiger charge is 2.31. The van der Waals surface area contributed by atoms with Crippen LogP contribution in [-0.4, -0.2) is 23.7 Å². The van der Waals surface area contributed by atoms with Gasteiger partial charge in [0.05, 0.1) is 18.9 Å². The van der Waals surface area contributed by atoms with Gasteiger partial charge in [-0.05, 0) is 35.4 Å². The van der Waals surface area contributed by atoms with Gasteiger partial charge < -0.3 is 4.74 Å². The number of methoxy groups -OCH3 is 1. The van der Waals surface area contributed by atoms with Crippen molar-refractivity contribution in [2.45, 2.75) is 19.4 Å². The molecule has 0 N–H and O–H groups in total. The molecule has 0 fully saturated rings. The minimum Gasteiger partial charge on any atom is -0.497 e. The second-order valence-corrected chi connectivity index (χ2v) is 6.33. The van der Waals surface area contributed by atoms with Gasteiger partial charge in [-0.1, -0.05) is 40.2 Å². The van der Waals surface area contributed by atoms with Crippen molar-refractivity contribution in [2.24, 2.45) is 5.10 Å². The minimum absolute atomic E-state index is 0.0649. The second-order valence-electron chi connectivity index (χ2n) is 5.41. The third-order valence-electron chi connectivity index (χ3n) is 3.89. The molecule has 118 valence electrons. The van der Waals surface area contributed by atoms with Crippen LogP contribution in [0, 0.1) is 0 Å². The maximum atomic E-state index is 12.0.